The largest absolute Gasteiger partial charge is 0.505 e. The minimum atomic E-state index is -0.686. The number of pyridine rings is 1. The molecule has 0 saturated carbocycles. The fraction of sp³-hybridized carbons (Fsp3) is 0.200. The zero-order valence-corrected chi connectivity index (χ0v) is 18.1. The Morgan fingerprint density at radius 3 is 2.58 bits per heavy atom. The summed E-state index contributed by atoms with van der Waals surface area (Å²) in [6, 6.07) is 14.2. The normalized spacial score (nSPS) is 17.8. The molecule has 0 unspecified atom stereocenters. The first-order chi connectivity index (χ1) is 16.1. The number of rotatable bonds is 6. The summed E-state index contributed by atoms with van der Waals surface area (Å²) in [7, 11) is 0. The molecule has 4 heterocycles. The molecule has 0 radical (unpaired) electrons. The molecule has 0 aliphatic carbocycles. The van der Waals surface area contributed by atoms with E-state index >= 15 is 0 Å². The standard InChI is InChI=1S/C25H23N5O3/c1-17-21(29-13-6-5-10-19(29)27-17)23(31)20-22(18-8-3-2-4-9-18)30(25(33)24(20)32)14-7-12-28-15-11-26-16-28/h2-6,8-11,13,15-16,22,31H,7,12,14H2,1H3/b23-20+/t22-/m1/s1. The summed E-state index contributed by atoms with van der Waals surface area (Å²) >= 11 is 0. The maximum atomic E-state index is 13.2. The first kappa shape index (κ1) is 20.7. The van der Waals surface area contributed by atoms with Crippen LogP contribution >= 0.6 is 0 Å². The van der Waals surface area contributed by atoms with Gasteiger partial charge in [-0.05, 0) is 31.0 Å². The molecule has 1 fully saturated rings. The second-order valence-electron chi connectivity index (χ2n) is 8.03. The number of nitrogens with zero attached hydrogens (tertiary/aromatic N) is 5. The predicted molar refractivity (Wildman–Crippen MR) is 122 cm³/mol. The van der Waals surface area contributed by atoms with Crippen LogP contribution in [0.5, 0.6) is 0 Å². The molecule has 1 atom stereocenters. The summed E-state index contributed by atoms with van der Waals surface area (Å²) < 4.78 is 3.66. The Kier molecular flexibility index (Phi) is 5.26. The highest BCUT2D eigenvalue weighted by Crippen LogP contribution is 2.40. The van der Waals surface area contributed by atoms with Crippen LogP contribution in [0, 0.1) is 6.92 Å². The summed E-state index contributed by atoms with van der Waals surface area (Å²) in [6.07, 6.45) is 7.70. The fourth-order valence-corrected chi connectivity index (χ4v) is 4.46. The van der Waals surface area contributed by atoms with Gasteiger partial charge in [0.25, 0.3) is 11.7 Å². The van der Waals surface area contributed by atoms with Crippen molar-refractivity contribution < 1.29 is 14.7 Å². The summed E-state index contributed by atoms with van der Waals surface area (Å²) in [6.45, 7) is 2.81. The van der Waals surface area contributed by atoms with Crippen molar-refractivity contribution in [2.75, 3.05) is 6.54 Å². The van der Waals surface area contributed by atoms with E-state index in [0.29, 0.717) is 36.5 Å². The minimum absolute atomic E-state index is 0.0857. The van der Waals surface area contributed by atoms with E-state index in [1.165, 1.54) is 0 Å². The molecule has 8 heteroatoms. The molecule has 1 N–H and O–H groups in total. The number of hydrogen-bond acceptors (Lipinski definition) is 5. The molecule has 4 aromatic rings. The number of hydrogen-bond donors (Lipinski definition) is 1. The molecule has 0 bridgehead atoms. The van der Waals surface area contributed by atoms with Crippen molar-refractivity contribution >= 4 is 23.1 Å². The Hall–Kier alpha value is -4.20. The van der Waals surface area contributed by atoms with E-state index < -0.39 is 17.7 Å². The van der Waals surface area contributed by atoms with Crippen molar-refractivity contribution in [1.82, 2.24) is 23.8 Å². The quantitative estimate of drug-likeness (QED) is 0.281. The van der Waals surface area contributed by atoms with Gasteiger partial charge in [0.05, 0.1) is 23.6 Å². The molecule has 1 aliphatic rings. The topological polar surface area (TPSA) is 92.7 Å². The third kappa shape index (κ3) is 3.59. The lowest BCUT2D eigenvalue weighted by Gasteiger charge is -2.25. The number of ketones is 1. The first-order valence-electron chi connectivity index (χ1n) is 10.8. The Bertz CT molecular complexity index is 1360. The average molecular weight is 441 g/mol. The summed E-state index contributed by atoms with van der Waals surface area (Å²) in [5, 5.41) is 11.4. The average Bonchev–Trinajstić information content (AvgIpc) is 3.52. The van der Waals surface area contributed by atoms with Gasteiger partial charge in [0.15, 0.2) is 5.76 Å². The van der Waals surface area contributed by atoms with Gasteiger partial charge in [-0.15, -0.1) is 0 Å². The fourth-order valence-electron chi connectivity index (χ4n) is 4.46. The lowest BCUT2D eigenvalue weighted by molar-refractivity contribution is -0.139. The number of aliphatic hydroxyl groups excluding tert-OH is 1. The van der Waals surface area contributed by atoms with Crippen LogP contribution < -0.4 is 0 Å². The number of benzene rings is 1. The number of carbonyl (C=O) groups is 2. The molecule has 1 saturated heterocycles. The first-order valence-corrected chi connectivity index (χ1v) is 10.8. The Morgan fingerprint density at radius 1 is 1.03 bits per heavy atom. The van der Waals surface area contributed by atoms with Gasteiger partial charge in [-0.1, -0.05) is 36.4 Å². The van der Waals surface area contributed by atoms with Crippen molar-refractivity contribution in [3.05, 3.63) is 96.0 Å². The highest BCUT2D eigenvalue weighted by molar-refractivity contribution is 6.46. The van der Waals surface area contributed by atoms with Crippen LogP contribution in [0.15, 0.2) is 79.0 Å². The lowest BCUT2D eigenvalue weighted by atomic mass is 9.96. The Morgan fingerprint density at radius 2 is 1.82 bits per heavy atom. The van der Waals surface area contributed by atoms with E-state index in [4.69, 9.17) is 0 Å². The van der Waals surface area contributed by atoms with Gasteiger partial charge in [-0.2, -0.15) is 0 Å². The molecule has 0 spiro atoms. The number of Topliss-reactive ketones (excluding diaryl/α,β-unsaturated/α-hetero) is 1. The van der Waals surface area contributed by atoms with Crippen LogP contribution in [0.4, 0.5) is 0 Å². The van der Waals surface area contributed by atoms with E-state index in [2.05, 4.69) is 9.97 Å². The molecular weight excluding hydrogens is 418 g/mol. The van der Waals surface area contributed by atoms with Crippen molar-refractivity contribution in [2.45, 2.75) is 25.9 Å². The van der Waals surface area contributed by atoms with E-state index in [9.17, 15) is 14.7 Å². The van der Waals surface area contributed by atoms with Gasteiger partial charge in [0.2, 0.25) is 0 Å². The Labute approximate surface area is 190 Å². The molecule has 33 heavy (non-hydrogen) atoms. The number of aryl methyl sites for hydroxylation is 2. The summed E-state index contributed by atoms with van der Waals surface area (Å²) in [5.74, 6) is -1.51. The van der Waals surface area contributed by atoms with E-state index in [1.54, 1.807) is 34.9 Å². The molecule has 1 aliphatic heterocycles. The zero-order valence-electron chi connectivity index (χ0n) is 18.1. The van der Waals surface area contributed by atoms with Gasteiger partial charge in [-0.3, -0.25) is 14.0 Å². The number of fused-ring (bicyclic) bond motifs is 1. The smallest absolute Gasteiger partial charge is 0.295 e. The predicted octanol–water partition coefficient (Wildman–Crippen LogP) is 3.35. The van der Waals surface area contributed by atoms with Crippen molar-refractivity contribution in [3.63, 3.8) is 0 Å². The molecular formula is C25H23N5O3. The van der Waals surface area contributed by atoms with Crippen LogP contribution in [-0.4, -0.2) is 47.2 Å². The number of aliphatic hydroxyl groups is 1. The highest BCUT2D eigenvalue weighted by Gasteiger charge is 2.46. The molecule has 8 nitrogen and oxygen atoms in total. The van der Waals surface area contributed by atoms with Crippen molar-refractivity contribution in [3.8, 4) is 0 Å². The molecule has 166 valence electrons. The third-order valence-corrected chi connectivity index (χ3v) is 5.96. The van der Waals surface area contributed by atoms with Crippen molar-refractivity contribution in [1.29, 1.82) is 0 Å². The highest BCUT2D eigenvalue weighted by atomic mass is 16.3. The second kappa shape index (κ2) is 8.38. The van der Waals surface area contributed by atoms with Crippen molar-refractivity contribution in [2.24, 2.45) is 0 Å². The van der Waals surface area contributed by atoms with Gasteiger partial charge in [-0.25, -0.2) is 9.97 Å². The monoisotopic (exact) mass is 441 g/mol. The molecule has 1 amide bonds. The summed E-state index contributed by atoms with van der Waals surface area (Å²) in [5.41, 5.74) is 2.51. The van der Waals surface area contributed by atoms with Gasteiger partial charge < -0.3 is 14.6 Å². The minimum Gasteiger partial charge on any atom is -0.505 e. The summed E-state index contributed by atoms with van der Waals surface area (Å²) in [4.78, 5) is 36.4. The van der Waals surface area contributed by atoms with Crippen LogP contribution in [0.1, 0.15) is 29.4 Å². The van der Waals surface area contributed by atoms with E-state index in [1.807, 2.05) is 59.3 Å². The number of aromatic nitrogens is 4. The maximum absolute atomic E-state index is 13.2. The van der Waals surface area contributed by atoms with Crippen LogP contribution in [0.25, 0.3) is 11.4 Å². The molecule has 1 aromatic carbocycles. The SMILES string of the molecule is Cc1nc2ccccn2c1/C(O)=C1\C(=O)C(=O)N(CCCn2ccnc2)[C@@H]1c1ccccc1. The van der Waals surface area contributed by atoms with Crippen LogP contribution in [-0.2, 0) is 16.1 Å². The number of imidazole rings is 2. The Balaban J connectivity index is 1.59. The van der Waals surface area contributed by atoms with Gasteiger partial charge >= 0.3 is 0 Å². The molecule has 3 aromatic heterocycles. The third-order valence-electron chi connectivity index (χ3n) is 5.96. The molecule has 5 rings (SSSR count). The van der Waals surface area contributed by atoms with E-state index in [-0.39, 0.29) is 11.3 Å². The zero-order chi connectivity index (χ0) is 22.9. The number of likely N-dealkylation sites (tertiary alicyclic amines) is 1. The van der Waals surface area contributed by atoms with Gasteiger partial charge in [0, 0.05) is 31.7 Å². The van der Waals surface area contributed by atoms with Crippen LogP contribution in [0.2, 0.25) is 0 Å². The van der Waals surface area contributed by atoms with E-state index in [0.717, 1.165) is 5.56 Å². The van der Waals surface area contributed by atoms with Crippen LogP contribution in [0.3, 0.4) is 0 Å². The second-order valence-corrected chi connectivity index (χ2v) is 8.03. The van der Waals surface area contributed by atoms with Gasteiger partial charge in [0.1, 0.15) is 11.3 Å². The lowest BCUT2D eigenvalue weighted by Crippen LogP contribution is -2.31. The number of amides is 1. The number of carbonyl (C=O) groups excluding carboxylic acids is 2. The maximum Gasteiger partial charge on any atom is 0.295 e.